The molecule has 0 radical (unpaired) electrons. The summed E-state index contributed by atoms with van der Waals surface area (Å²) in [5, 5.41) is 0.636. The van der Waals surface area contributed by atoms with Gasteiger partial charge in [0.15, 0.2) is 5.78 Å². The van der Waals surface area contributed by atoms with Crippen LogP contribution in [-0.2, 0) is 14.2 Å². The number of Topliss-reactive ketones (excluding diaryl/α,β-unsaturated/α-hetero) is 1. The average molecular weight is 460 g/mol. The molecule has 0 aromatic carbocycles. The third-order valence-electron chi connectivity index (χ3n) is 5.04. The van der Waals surface area contributed by atoms with Crippen LogP contribution >= 0.6 is 22.9 Å². The lowest BCUT2D eigenvalue weighted by Crippen LogP contribution is -2.39. The highest BCUT2D eigenvalue weighted by molar-refractivity contribution is 7.14. The summed E-state index contributed by atoms with van der Waals surface area (Å²) in [6.45, 7) is 13.6. The Morgan fingerprint density at radius 2 is 1.83 bits per heavy atom. The Hall–Kier alpha value is -1.15. The third kappa shape index (κ3) is 6.94. The van der Waals surface area contributed by atoms with Gasteiger partial charge < -0.3 is 19.1 Å². The van der Waals surface area contributed by atoms with Crippen molar-refractivity contribution in [2.45, 2.75) is 59.5 Å². The first kappa shape index (κ1) is 25.1. The predicted octanol–water partition coefficient (Wildman–Crippen LogP) is 5.35. The van der Waals surface area contributed by atoms with E-state index in [-0.39, 0.29) is 11.9 Å². The molecule has 1 unspecified atom stereocenters. The summed E-state index contributed by atoms with van der Waals surface area (Å²) in [5.74, 6) is 0.107. The maximum atomic E-state index is 13.2. The van der Waals surface area contributed by atoms with Crippen LogP contribution in [0, 0.1) is 12.3 Å². The van der Waals surface area contributed by atoms with Crippen molar-refractivity contribution >= 4 is 34.8 Å². The SMILES string of the molecule is C1COCCO1.CCCC1(C(=O)c2cc(Cl)c(C)s2)CCN(C(=O)OC(C)(C)C)C1. The monoisotopic (exact) mass is 459 g/mol. The van der Waals surface area contributed by atoms with Gasteiger partial charge in [0.2, 0.25) is 0 Å². The van der Waals surface area contributed by atoms with Gasteiger partial charge in [0.1, 0.15) is 5.60 Å². The van der Waals surface area contributed by atoms with Crippen molar-refractivity contribution in [3.8, 4) is 0 Å². The van der Waals surface area contributed by atoms with Crippen LogP contribution in [0.25, 0.3) is 0 Å². The molecule has 0 spiro atoms. The van der Waals surface area contributed by atoms with Gasteiger partial charge in [0, 0.05) is 18.0 Å². The molecule has 2 aliphatic rings. The third-order valence-corrected chi connectivity index (χ3v) is 6.59. The molecule has 1 aromatic rings. The van der Waals surface area contributed by atoms with Crippen molar-refractivity contribution < 1.29 is 23.8 Å². The zero-order chi connectivity index (χ0) is 22.4. The number of nitrogens with zero attached hydrogens (tertiary/aromatic N) is 1. The van der Waals surface area contributed by atoms with Gasteiger partial charge in [-0.1, -0.05) is 24.9 Å². The van der Waals surface area contributed by atoms with E-state index in [1.807, 2.05) is 27.7 Å². The van der Waals surface area contributed by atoms with Crippen molar-refractivity contribution in [3.63, 3.8) is 0 Å². The number of halogens is 1. The van der Waals surface area contributed by atoms with E-state index in [0.717, 1.165) is 44.1 Å². The number of thiophene rings is 1. The number of ether oxygens (including phenoxy) is 3. The van der Waals surface area contributed by atoms with Crippen molar-refractivity contribution in [2.75, 3.05) is 39.5 Å². The van der Waals surface area contributed by atoms with Gasteiger partial charge >= 0.3 is 6.09 Å². The topological polar surface area (TPSA) is 65.1 Å². The standard InChI is InChI=1S/C18H26ClNO3S.C4H8O2/c1-6-7-18(15(21)14-10-13(19)12(2)24-14)8-9-20(11-18)16(22)23-17(3,4)5;1-2-6-4-3-5-1/h10H,6-9,11H2,1-5H3;1-4H2. The minimum absolute atomic E-state index is 0.107. The number of rotatable bonds is 4. The van der Waals surface area contributed by atoms with Crippen molar-refractivity contribution in [2.24, 2.45) is 5.41 Å². The van der Waals surface area contributed by atoms with E-state index in [1.54, 1.807) is 11.0 Å². The lowest BCUT2D eigenvalue weighted by atomic mass is 9.78. The van der Waals surface area contributed by atoms with E-state index in [1.165, 1.54) is 11.3 Å². The second-order valence-corrected chi connectivity index (χ2v) is 10.4. The van der Waals surface area contributed by atoms with Crippen molar-refractivity contribution in [3.05, 3.63) is 20.8 Å². The molecule has 3 rings (SSSR count). The molecule has 6 nitrogen and oxygen atoms in total. The van der Waals surface area contributed by atoms with E-state index < -0.39 is 11.0 Å². The first-order valence-electron chi connectivity index (χ1n) is 10.5. The molecular weight excluding hydrogens is 426 g/mol. The highest BCUT2D eigenvalue weighted by Crippen LogP contribution is 2.41. The summed E-state index contributed by atoms with van der Waals surface area (Å²) < 4.78 is 15.3. The molecule has 0 N–H and O–H groups in total. The number of hydrogen-bond donors (Lipinski definition) is 0. The number of carbonyl (C=O) groups is 2. The maximum absolute atomic E-state index is 13.2. The van der Waals surface area contributed by atoms with Crippen molar-refractivity contribution in [1.29, 1.82) is 0 Å². The number of aryl methyl sites for hydroxylation is 1. The minimum atomic E-state index is -0.532. The fraction of sp³-hybridized carbons (Fsp3) is 0.727. The minimum Gasteiger partial charge on any atom is -0.444 e. The normalized spacial score (nSPS) is 21.7. The summed E-state index contributed by atoms with van der Waals surface area (Å²) in [6, 6.07) is 1.76. The fourth-order valence-corrected chi connectivity index (χ4v) is 4.87. The Kier molecular flexibility index (Phi) is 9.15. The summed E-state index contributed by atoms with van der Waals surface area (Å²) in [5.41, 5.74) is -1.05. The lowest BCUT2D eigenvalue weighted by molar-refractivity contribution is -0.0334. The number of amides is 1. The summed E-state index contributed by atoms with van der Waals surface area (Å²) >= 11 is 7.57. The van der Waals surface area contributed by atoms with Gasteiger partial charge in [-0.3, -0.25) is 4.79 Å². The Labute approximate surface area is 188 Å². The average Bonchev–Trinajstić information content (AvgIpc) is 3.27. The second kappa shape index (κ2) is 10.9. The molecule has 2 fully saturated rings. The van der Waals surface area contributed by atoms with E-state index in [4.69, 9.17) is 25.8 Å². The number of ketones is 1. The van der Waals surface area contributed by atoms with Crippen LogP contribution in [0.4, 0.5) is 4.79 Å². The highest BCUT2D eigenvalue weighted by Gasteiger charge is 2.46. The molecule has 170 valence electrons. The van der Waals surface area contributed by atoms with Crippen LogP contribution < -0.4 is 0 Å². The van der Waals surface area contributed by atoms with Gasteiger partial charge in [0.25, 0.3) is 0 Å². The quantitative estimate of drug-likeness (QED) is 0.567. The van der Waals surface area contributed by atoms with Crippen LogP contribution in [0.3, 0.4) is 0 Å². The van der Waals surface area contributed by atoms with E-state index in [2.05, 4.69) is 6.92 Å². The van der Waals surface area contributed by atoms with Gasteiger partial charge in [-0.25, -0.2) is 4.79 Å². The number of carbonyl (C=O) groups excluding carboxylic acids is 2. The molecular formula is C22H34ClNO5S. The van der Waals surface area contributed by atoms with Gasteiger partial charge in [0.05, 0.1) is 41.7 Å². The van der Waals surface area contributed by atoms with Gasteiger partial charge in [-0.2, -0.15) is 0 Å². The number of likely N-dealkylation sites (tertiary alicyclic amines) is 1. The van der Waals surface area contributed by atoms with Crippen LogP contribution in [-0.4, -0.2) is 61.9 Å². The fourth-order valence-electron chi connectivity index (χ4n) is 3.61. The van der Waals surface area contributed by atoms with Crippen LogP contribution in [0.2, 0.25) is 5.02 Å². The zero-order valence-corrected chi connectivity index (χ0v) is 20.3. The Morgan fingerprint density at radius 3 is 2.27 bits per heavy atom. The highest BCUT2D eigenvalue weighted by atomic mass is 35.5. The zero-order valence-electron chi connectivity index (χ0n) is 18.7. The molecule has 2 saturated heterocycles. The first-order valence-corrected chi connectivity index (χ1v) is 11.7. The predicted molar refractivity (Wildman–Crippen MR) is 120 cm³/mol. The molecule has 0 aliphatic carbocycles. The van der Waals surface area contributed by atoms with Crippen LogP contribution in [0.15, 0.2) is 6.07 Å². The van der Waals surface area contributed by atoms with Crippen molar-refractivity contribution in [1.82, 2.24) is 4.90 Å². The van der Waals surface area contributed by atoms with E-state index >= 15 is 0 Å². The first-order chi connectivity index (χ1) is 14.1. The van der Waals surface area contributed by atoms with E-state index in [0.29, 0.717) is 29.4 Å². The summed E-state index contributed by atoms with van der Waals surface area (Å²) in [6.07, 6.45) is 1.99. The Bertz CT molecular complexity index is 695. The molecule has 1 aromatic heterocycles. The van der Waals surface area contributed by atoms with Crippen LogP contribution in [0.1, 0.15) is 61.5 Å². The van der Waals surface area contributed by atoms with E-state index in [9.17, 15) is 9.59 Å². The smallest absolute Gasteiger partial charge is 0.410 e. The lowest BCUT2D eigenvalue weighted by Gasteiger charge is -2.28. The molecule has 2 aliphatic heterocycles. The molecule has 8 heteroatoms. The van der Waals surface area contributed by atoms with Crippen LogP contribution in [0.5, 0.6) is 0 Å². The molecule has 30 heavy (non-hydrogen) atoms. The molecule has 3 heterocycles. The van der Waals surface area contributed by atoms with Gasteiger partial charge in [-0.15, -0.1) is 11.3 Å². The molecule has 1 amide bonds. The summed E-state index contributed by atoms with van der Waals surface area (Å²) in [4.78, 5) is 28.8. The maximum Gasteiger partial charge on any atom is 0.410 e. The molecule has 1 atom stereocenters. The Morgan fingerprint density at radius 1 is 1.23 bits per heavy atom. The largest absolute Gasteiger partial charge is 0.444 e. The van der Waals surface area contributed by atoms with Gasteiger partial charge in [-0.05, 0) is 46.6 Å². The summed E-state index contributed by atoms with van der Waals surface area (Å²) in [7, 11) is 0. The number of hydrogen-bond acceptors (Lipinski definition) is 6. The molecule has 0 saturated carbocycles. The molecule has 0 bridgehead atoms. The second-order valence-electron chi connectivity index (χ2n) is 8.75. The Balaban J connectivity index is 0.000000456.